The molecule has 1 aromatic heterocycles. The van der Waals surface area contributed by atoms with Crippen molar-refractivity contribution >= 4 is 27.8 Å². The smallest absolute Gasteiger partial charge is 0.387 e. The molecule has 4 rings (SSSR count). The highest BCUT2D eigenvalue weighted by atomic mass is 79.9. The maximum Gasteiger partial charge on any atom is 0.387 e. The fraction of sp³-hybridized carbons (Fsp3) is 0.190. The van der Waals surface area contributed by atoms with Gasteiger partial charge in [0.05, 0.1) is 5.57 Å². The molecule has 3 aromatic rings. The normalized spacial score (nSPS) is 15.5. The van der Waals surface area contributed by atoms with E-state index >= 15 is 0 Å². The molecule has 0 bridgehead atoms. The molecule has 2 heterocycles. The minimum atomic E-state index is -3.03. The van der Waals surface area contributed by atoms with Crippen LogP contribution < -0.4 is 10.1 Å². The quantitative estimate of drug-likeness (QED) is 0.505. The number of nitrogens with zero attached hydrogens (tertiary/aromatic N) is 3. The largest absolute Gasteiger partial charge is 0.457 e. The minimum Gasteiger partial charge on any atom is -0.457 e. The maximum absolute atomic E-state index is 13.1. The van der Waals surface area contributed by atoms with Gasteiger partial charge in [-0.3, -0.25) is 0 Å². The number of benzene rings is 2. The Hall–Kier alpha value is -3.27. The van der Waals surface area contributed by atoms with E-state index in [4.69, 9.17) is 9.47 Å². The number of esters is 1. The van der Waals surface area contributed by atoms with Crippen LogP contribution in [0.3, 0.4) is 0 Å². The van der Waals surface area contributed by atoms with E-state index in [-0.39, 0.29) is 17.9 Å². The molecule has 0 aliphatic carbocycles. The first-order valence-corrected chi connectivity index (χ1v) is 10.1. The molecule has 0 fully saturated rings. The molecular formula is C21H17BrF2N4O3. The van der Waals surface area contributed by atoms with E-state index in [0.29, 0.717) is 21.7 Å². The molecule has 0 amide bonds. The van der Waals surface area contributed by atoms with Crippen LogP contribution in [0, 0.1) is 0 Å². The summed E-state index contributed by atoms with van der Waals surface area (Å²) < 4.78 is 38.4. The summed E-state index contributed by atoms with van der Waals surface area (Å²) in [6, 6.07) is 12.9. The van der Waals surface area contributed by atoms with Gasteiger partial charge in [-0.15, -0.1) is 0 Å². The summed E-state index contributed by atoms with van der Waals surface area (Å²) in [5, 5.41) is 7.20. The molecule has 0 saturated carbocycles. The average molecular weight is 491 g/mol. The van der Waals surface area contributed by atoms with E-state index in [9.17, 15) is 13.6 Å². The summed E-state index contributed by atoms with van der Waals surface area (Å²) in [5.41, 5.74) is 1.83. The van der Waals surface area contributed by atoms with E-state index in [2.05, 4.69) is 31.3 Å². The van der Waals surface area contributed by atoms with Crippen LogP contribution >= 0.6 is 15.9 Å². The molecule has 1 unspecified atom stereocenters. The van der Waals surface area contributed by atoms with Gasteiger partial charge >= 0.3 is 12.6 Å². The molecule has 0 spiro atoms. The van der Waals surface area contributed by atoms with Gasteiger partial charge in [-0.05, 0) is 30.7 Å². The molecule has 160 valence electrons. The van der Waals surface area contributed by atoms with E-state index in [1.807, 2.05) is 30.3 Å². The molecular weight excluding hydrogens is 474 g/mol. The van der Waals surface area contributed by atoms with E-state index in [0.717, 1.165) is 5.56 Å². The van der Waals surface area contributed by atoms with Gasteiger partial charge in [0.25, 0.3) is 0 Å². The highest BCUT2D eigenvalue weighted by Crippen LogP contribution is 2.40. The summed E-state index contributed by atoms with van der Waals surface area (Å²) in [4.78, 5) is 17.3. The number of halogens is 3. The third-order valence-electron chi connectivity index (χ3n) is 4.71. The van der Waals surface area contributed by atoms with E-state index < -0.39 is 18.6 Å². The molecule has 7 nitrogen and oxygen atoms in total. The molecule has 31 heavy (non-hydrogen) atoms. The zero-order chi connectivity index (χ0) is 22.0. The molecule has 10 heteroatoms. The number of aromatic nitrogens is 3. The Morgan fingerprint density at radius 2 is 2.03 bits per heavy atom. The summed E-state index contributed by atoms with van der Waals surface area (Å²) in [7, 11) is 0. The molecule has 0 radical (unpaired) electrons. The fourth-order valence-corrected chi connectivity index (χ4v) is 3.76. The number of hydrogen-bond donors (Lipinski definition) is 1. The number of nitrogens with one attached hydrogen (secondary N) is 1. The SMILES string of the molecule is CC1=C(C(=O)OCc2ccccc2)C(c2cc(Br)ccc2OC(F)F)n2ncnc2N1. The number of allylic oxidation sites excluding steroid dienone is 1. The Bertz CT molecular complexity index is 1130. The fourth-order valence-electron chi connectivity index (χ4n) is 3.38. The summed E-state index contributed by atoms with van der Waals surface area (Å²) in [5.74, 6) is -0.319. The van der Waals surface area contributed by atoms with Gasteiger partial charge in [0, 0.05) is 15.7 Å². The van der Waals surface area contributed by atoms with Gasteiger partial charge in [-0.2, -0.15) is 18.9 Å². The van der Waals surface area contributed by atoms with Crippen LogP contribution in [0.25, 0.3) is 0 Å². The van der Waals surface area contributed by atoms with Gasteiger partial charge < -0.3 is 14.8 Å². The van der Waals surface area contributed by atoms with Gasteiger partial charge in [0.2, 0.25) is 5.95 Å². The van der Waals surface area contributed by atoms with Crippen LogP contribution in [-0.4, -0.2) is 27.3 Å². The Balaban J connectivity index is 1.75. The van der Waals surface area contributed by atoms with Crippen LogP contribution in [0.15, 0.2) is 70.6 Å². The summed E-state index contributed by atoms with van der Waals surface area (Å²) in [6.45, 7) is -1.28. The predicted octanol–water partition coefficient (Wildman–Crippen LogP) is 4.67. The lowest BCUT2D eigenvalue weighted by molar-refractivity contribution is -0.140. The minimum absolute atomic E-state index is 0.0618. The Morgan fingerprint density at radius 1 is 1.26 bits per heavy atom. The molecule has 1 atom stereocenters. The van der Waals surface area contributed by atoms with Crippen molar-refractivity contribution < 1.29 is 23.0 Å². The lowest BCUT2D eigenvalue weighted by Gasteiger charge is -2.29. The second-order valence-electron chi connectivity index (χ2n) is 6.72. The first kappa shape index (κ1) is 21.0. The van der Waals surface area contributed by atoms with Gasteiger partial charge in [0.15, 0.2) is 0 Å². The monoisotopic (exact) mass is 490 g/mol. The Kier molecular flexibility index (Phi) is 5.99. The van der Waals surface area contributed by atoms with Crippen LogP contribution in [0.5, 0.6) is 5.75 Å². The molecule has 0 saturated heterocycles. The van der Waals surface area contributed by atoms with Crippen molar-refractivity contribution in [2.24, 2.45) is 0 Å². The predicted molar refractivity (Wildman–Crippen MR) is 111 cm³/mol. The topological polar surface area (TPSA) is 78.3 Å². The third kappa shape index (κ3) is 4.43. The van der Waals surface area contributed by atoms with Crippen molar-refractivity contribution in [2.75, 3.05) is 5.32 Å². The Morgan fingerprint density at radius 3 is 2.77 bits per heavy atom. The van der Waals surface area contributed by atoms with E-state index in [1.165, 1.54) is 17.1 Å². The van der Waals surface area contributed by atoms with Crippen molar-refractivity contribution in [2.45, 2.75) is 26.2 Å². The van der Waals surface area contributed by atoms with E-state index in [1.54, 1.807) is 19.1 Å². The van der Waals surface area contributed by atoms with Gasteiger partial charge in [-0.1, -0.05) is 46.3 Å². The van der Waals surface area contributed by atoms with Crippen molar-refractivity contribution in [1.29, 1.82) is 0 Å². The van der Waals surface area contributed by atoms with Crippen LogP contribution in [0.2, 0.25) is 0 Å². The van der Waals surface area contributed by atoms with Gasteiger partial charge in [0.1, 0.15) is 24.7 Å². The molecule has 1 aliphatic heterocycles. The standard InChI is InChI=1S/C21H17BrF2N4O3/c1-12-17(19(29)30-10-13-5-3-2-4-6-13)18(28-21(27-12)25-11-26-28)15-9-14(22)7-8-16(15)31-20(23)24/h2-9,11,18,20H,10H2,1H3,(H,25,26,27). The molecule has 2 aromatic carbocycles. The lowest BCUT2D eigenvalue weighted by atomic mass is 9.95. The zero-order valence-electron chi connectivity index (χ0n) is 16.3. The number of fused-ring (bicyclic) bond motifs is 1. The van der Waals surface area contributed by atoms with Crippen molar-refractivity contribution in [3.8, 4) is 5.75 Å². The number of carbonyl (C=O) groups excluding carboxylic acids is 1. The molecule has 1 aliphatic rings. The molecule has 1 N–H and O–H groups in total. The number of carbonyl (C=O) groups is 1. The zero-order valence-corrected chi connectivity index (χ0v) is 17.8. The van der Waals surface area contributed by atoms with Gasteiger partial charge in [-0.25, -0.2) is 9.48 Å². The summed E-state index contributed by atoms with van der Waals surface area (Å²) in [6.07, 6.45) is 1.31. The number of rotatable bonds is 6. The number of anilines is 1. The third-order valence-corrected chi connectivity index (χ3v) is 5.20. The highest BCUT2D eigenvalue weighted by molar-refractivity contribution is 9.10. The highest BCUT2D eigenvalue weighted by Gasteiger charge is 2.36. The van der Waals surface area contributed by atoms with Crippen LogP contribution in [-0.2, 0) is 16.1 Å². The number of alkyl halides is 2. The van der Waals surface area contributed by atoms with Crippen molar-refractivity contribution in [3.05, 3.63) is 81.7 Å². The number of ether oxygens (including phenoxy) is 2. The first-order chi connectivity index (χ1) is 14.9. The second-order valence-corrected chi connectivity index (χ2v) is 7.63. The number of hydrogen-bond acceptors (Lipinski definition) is 6. The maximum atomic E-state index is 13.1. The second kappa shape index (κ2) is 8.84. The lowest BCUT2D eigenvalue weighted by Crippen LogP contribution is -2.30. The first-order valence-electron chi connectivity index (χ1n) is 9.26. The van der Waals surface area contributed by atoms with Crippen LogP contribution in [0.4, 0.5) is 14.7 Å². The average Bonchev–Trinajstić information content (AvgIpc) is 3.21. The van der Waals surface area contributed by atoms with Crippen molar-refractivity contribution in [3.63, 3.8) is 0 Å². The van der Waals surface area contributed by atoms with Crippen LogP contribution in [0.1, 0.15) is 24.1 Å². The van der Waals surface area contributed by atoms with Crippen molar-refractivity contribution in [1.82, 2.24) is 14.8 Å². The summed E-state index contributed by atoms with van der Waals surface area (Å²) >= 11 is 3.36. The Labute approximate surface area is 184 Å².